The molecule has 1 N–H and O–H groups in total. The van der Waals surface area contributed by atoms with Crippen LogP contribution in [0, 0.1) is 17.7 Å². The Morgan fingerprint density at radius 3 is 2.95 bits per heavy atom. The van der Waals surface area contributed by atoms with E-state index in [2.05, 4.69) is 35.7 Å². The number of nitrogens with zero attached hydrogens (tertiary/aromatic N) is 2. The summed E-state index contributed by atoms with van der Waals surface area (Å²) >= 11 is 0. The molecule has 1 fully saturated rings. The molecule has 3 nitrogen and oxygen atoms in total. The molecule has 4 heteroatoms. The Bertz CT molecular complexity index is 535. The molecule has 21 heavy (non-hydrogen) atoms. The highest BCUT2D eigenvalue weighted by molar-refractivity contribution is 5.37. The molecular weight excluding hydrogens is 267 g/mol. The number of aliphatic hydroxyl groups excluding tert-OH is 1. The van der Waals surface area contributed by atoms with Crippen molar-refractivity contribution < 1.29 is 9.50 Å². The Balaban J connectivity index is 2.06. The summed E-state index contributed by atoms with van der Waals surface area (Å²) in [6, 6.07) is 5.38. The lowest BCUT2D eigenvalue weighted by atomic mass is 10.0. The fourth-order valence-corrected chi connectivity index (χ4v) is 2.87. The van der Waals surface area contributed by atoms with Gasteiger partial charge in [-0.1, -0.05) is 11.8 Å². The van der Waals surface area contributed by atoms with Crippen LogP contribution in [0.3, 0.4) is 0 Å². The van der Waals surface area contributed by atoms with Crippen molar-refractivity contribution in [2.75, 3.05) is 33.8 Å². The fraction of sp³-hybridized carbons (Fsp3) is 0.529. The minimum Gasteiger partial charge on any atom is -0.384 e. The van der Waals surface area contributed by atoms with E-state index in [1.807, 2.05) is 6.07 Å². The number of likely N-dealkylation sites (tertiary alicyclic amines) is 1. The van der Waals surface area contributed by atoms with Crippen LogP contribution in [-0.2, 0) is 6.54 Å². The predicted octanol–water partition coefficient (Wildman–Crippen LogP) is 1.70. The predicted molar refractivity (Wildman–Crippen MR) is 82.3 cm³/mol. The molecule has 0 aromatic heterocycles. The van der Waals surface area contributed by atoms with Gasteiger partial charge in [-0.05, 0) is 57.2 Å². The molecule has 1 unspecified atom stereocenters. The highest BCUT2D eigenvalue weighted by Gasteiger charge is 2.21. The largest absolute Gasteiger partial charge is 0.384 e. The molecule has 1 aliphatic heterocycles. The Kier molecular flexibility index (Phi) is 5.75. The van der Waals surface area contributed by atoms with Crippen LogP contribution in [0.4, 0.5) is 4.39 Å². The second kappa shape index (κ2) is 7.56. The summed E-state index contributed by atoms with van der Waals surface area (Å²) in [7, 11) is 4.23. The summed E-state index contributed by atoms with van der Waals surface area (Å²) in [6.07, 6.45) is 2.40. The molecule has 0 amide bonds. The van der Waals surface area contributed by atoms with Crippen molar-refractivity contribution in [1.29, 1.82) is 0 Å². The van der Waals surface area contributed by atoms with Gasteiger partial charge in [-0.2, -0.15) is 0 Å². The first-order valence-electron chi connectivity index (χ1n) is 7.36. The Morgan fingerprint density at radius 2 is 2.24 bits per heavy atom. The van der Waals surface area contributed by atoms with Crippen LogP contribution in [0.25, 0.3) is 0 Å². The molecule has 2 rings (SSSR count). The summed E-state index contributed by atoms with van der Waals surface area (Å²) < 4.78 is 13.7. The molecule has 114 valence electrons. The Hall–Kier alpha value is -1.41. The number of halogens is 1. The quantitative estimate of drug-likeness (QED) is 0.858. The highest BCUT2D eigenvalue weighted by Crippen LogP contribution is 2.17. The van der Waals surface area contributed by atoms with Crippen LogP contribution in [-0.4, -0.2) is 54.7 Å². The molecular formula is C17H23FN2O. The van der Waals surface area contributed by atoms with Gasteiger partial charge in [0.15, 0.2) is 0 Å². The van der Waals surface area contributed by atoms with E-state index in [-0.39, 0.29) is 12.4 Å². The Morgan fingerprint density at radius 1 is 1.43 bits per heavy atom. The molecule has 0 saturated carbocycles. The van der Waals surface area contributed by atoms with Gasteiger partial charge < -0.3 is 10.0 Å². The van der Waals surface area contributed by atoms with Crippen LogP contribution in [0.2, 0.25) is 0 Å². The van der Waals surface area contributed by atoms with Gasteiger partial charge in [0, 0.05) is 24.7 Å². The van der Waals surface area contributed by atoms with E-state index in [4.69, 9.17) is 5.11 Å². The number of hydrogen-bond acceptors (Lipinski definition) is 3. The van der Waals surface area contributed by atoms with Crippen molar-refractivity contribution in [2.24, 2.45) is 0 Å². The lowest BCUT2D eigenvalue weighted by Gasteiger charge is -2.35. The van der Waals surface area contributed by atoms with Crippen LogP contribution in [0.5, 0.6) is 0 Å². The molecule has 1 heterocycles. The number of hydrogen-bond donors (Lipinski definition) is 1. The van der Waals surface area contributed by atoms with Gasteiger partial charge in [-0.15, -0.1) is 0 Å². The van der Waals surface area contributed by atoms with Crippen LogP contribution < -0.4 is 0 Å². The monoisotopic (exact) mass is 290 g/mol. The summed E-state index contributed by atoms with van der Waals surface area (Å²) in [5.74, 6) is 5.05. The van der Waals surface area contributed by atoms with Gasteiger partial charge in [0.1, 0.15) is 12.4 Å². The zero-order chi connectivity index (χ0) is 15.2. The third-order valence-corrected chi connectivity index (χ3v) is 3.92. The Labute approximate surface area is 126 Å². The van der Waals surface area contributed by atoms with E-state index >= 15 is 0 Å². The van der Waals surface area contributed by atoms with Crippen molar-refractivity contribution in [3.63, 3.8) is 0 Å². The lowest BCUT2D eigenvalue weighted by molar-refractivity contribution is 0.129. The SMILES string of the molecule is CN1CCCC(N(C)Cc2cc(F)cc(C#CCO)c2)C1. The van der Waals surface area contributed by atoms with Crippen molar-refractivity contribution >= 4 is 0 Å². The fourth-order valence-electron chi connectivity index (χ4n) is 2.87. The van der Waals surface area contributed by atoms with Crippen LogP contribution in [0.15, 0.2) is 18.2 Å². The summed E-state index contributed by atoms with van der Waals surface area (Å²) in [6.45, 7) is 2.72. The number of benzene rings is 1. The molecule has 0 bridgehead atoms. The molecule has 0 radical (unpaired) electrons. The zero-order valence-corrected chi connectivity index (χ0v) is 12.8. The minimum absolute atomic E-state index is 0.208. The van der Waals surface area contributed by atoms with Crippen molar-refractivity contribution in [1.82, 2.24) is 9.80 Å². The normalized spacial score (nSPS) is 19.4. The van der Waals surface area contributed by atoms with Gasteiger partial charge in [-0.25, -0.2) is 4.39 Å². The first-order valence-corrected chi connectivity index (χ1v) is 7.36. The smallest absolute Gasteiger partial charge is 0.124 e. The molecule has 0 spiro atoms. The second-order valence-corrected chi connectivity index (χ2v) is 5.78. The van der Waals surface area contributed by atoms with Gasteiger partial charge in [0.05, 0.1) is 0 Å². The maximum absolute atomic E-state index is 13.7. The van der Waals surface area contributed by atoms with Crippen molar-refractivity contribution in [3.05, 3.63) is 35.1 Å². The average molecular weight is 290 g/mol. The molecule has 1 aromatic carbocycles. The molecule has 1 saturated heterocycles. The van der Waals surface area contributed by atoms with Crippen LogP contribution in [0.1, 0.15) is 24.0 Å². The summed E-state index contributed by atoms with van der Waals surface area (Å²) in [5, 5.41) is 8.73. The van der Waals surface area contributed by atoms with E-state index in [9.17, 15) is 4.39 Å². The third-order valence-electron chi connectivity index (χ3n) is 3.92. The van der Waals surface area contributed by atoms with E-state index in [0.29, 0.717) is 18.2 Å². The van der Waals surface area contributed by atoms with Gasteiger partial charge >= 0.3 is 0 Å². The summed E-state index contributed by atoms with van der Waals surface area (Å²) in [5.41, 5.74) is 1.54. The van der Waals surface area contributed by atoms with Crippen molar-refractivity contribution in [2.45, 2.75) is 25.4 Å². The zero-order valence-electron chi connectivity index (χ0n) is 12.8. The van der Waals surface area contributed by atoms with E-state index < -0.39 is 0 Å². The van der Waals surface area contributed by atoms with E-state index in [1.54, 1.807) is 6.07 Å². The lowest BCUT2D eigenvalue weighted by Crippen LogP contribution is -2.44. The third kappa shape index (κ3) is 4.82. The number of likely N-dealkylation sites (N-methyl/N-ethyl adjacent to an activating group) is 2. The maximum Gasteiger partial charge on any atom is 0.124 e. The van der Waals surface area contributed by atoms with E-state index in [0.717, 1.165) is 18.7 Å². The van der Waals surface area contributed by atoms with Gasteiger partial charge in [0.2, 0.25) is 0 Å². The molecule has 1 atom stereocenters. The highest BCUT2D eigenvalue weighted by atomic mass is 19.1. The van der Waals surface area contributed by atoms with Gasteiger partial charge in [0.25, 0.3) is 0 Å². The summed E-state index contributed by atoms with van der Waals surface area (Å²) in [4.78, 5) is 4.63. The number of piperidine rings is 1. The van der Waals surface area contributed by atoms with Crippen LogP contribution >= 0.6 is 0 Å². The first kappa shape index (κ1) is 16.0. The number of rotatable bonds is 3. The minimum atomic E-state index is -0.274. The first-order chi connectivity index (χ1) is 10.1. The second-order valence-electron chi connectivity index (χ2n) is 5.78. The maximum atomic E-state index is 13.7. The van der Waals surface area contributed by atoms with Crippen molar-refractivity contribution in [3.8, 4) is 11.8 Å². The molecule has 1 aliphatic rings. The topological polar surface area (TPSA) is 26.7 Å². The molecule has 0 aliphatic carbocycles. The number of aliphatic hydroxyl groups is 1. The average Bonchev–Trinajstić information content (AvgIpc) is 2.44. The standard InChI is InChI=1S/C17H23FN2O/c1-19-7-3-6-17(13-19)20(2)12-15-9-14(5-4-8-21)10-16(18)11-15/h9-11,17,21H,3,6-8,12-13H2,1-2H3. The van der Waals surface area contributed by atoms with E-state index in [1.165, 1.54) is 18.9 Å². The van der Waals surface area contributed by atoms with Gasteiger partial charge in [-0.3, -0.25) is 4.90 Å². The molecule has 1 aromatic rings.